The predicted octanol–water partition coefficient (Wildman–Crippen LogP) is 0.125. The Morgan fingerprint density at radius 3 is 2.33 bits per heavy atom. The fourth-order valence-electron chi connectivity index (χ4n) is 1.72. The molecule has 114 valence electrons. The summed E-state index contributed by atoms with van der Waals surface area (Å²) < 4.78 is 0. The molecule has 0 spiro atoms. The van der Waals surface area contributed by atoms with Gasteiger partial charge in [0, 0.05) is 19.0 Å². The number of aryl methyl sites for hydroxylation is 1. The summed E-state index contributed by atoms with van der Waals surface area (Å²) in [7, 11) is 1.44. The Hall–Kier alpha value is -2.41. The average molecular weight is 293 g/mol. The number of hydroxylamine groups is 1. The highest BCUT2D eigenvalue weighted by molar-refractivity contribution is 5.97. The molecule has 0 fully saturated rings. The Bertz CT molecular complexity index is 513. The molecule has 1 unspecified atom stereocenters. The van der Waals surface area contributed by atoms with E-state index in [0.717, 1.165) is 5.56 Å². The summed E-state index contributed by atoms with van der Waals surface area (Å²) >= 11 is 0. The minimum absolute atomic E-state index is 0.0806. The van der Waals surface area contributed by atoms with E-state index >= 15 is 0 Å². The second kappa shape index (κ2) is 8.01. The van der Waals surface area contributed by atoms with E-state index < -0.39 is 23.8 Å². The first-order chi connectivity index (χ1) is 9.97. The topological polar surface area (TPSA) is 108 Å². The third-order valence-corrected chi connectivity index (χ3v) is 2.97. The van der Waals surface area contributed by atoms with Crippen LogP contribution in [0.1, 0.15) is 28.8 Å². The van der Waals surface area contributed by atoms with Crippen LogP contribution in [0.5, 0.6) is 0 Å². The van der Waals surface area contributed by atoms with Crippen molar-refractivity contribution in [3.8, 4) is 0 Å². The van der Waals surface area contributed by atoms with E-state index in [1.807, 2.05) is 6.92 Å². The number of benzene rings is 1. The van der Waals surface area contributed by atoms with Crippen molar-refractivity contribution in [1.82, 2.24) is 16.1 Å². The molecule has 4 N–H and O–H groups in total. The molecule has 0 radical (unpaired) electrons. The number of amides is 3. The number of rotatable bonds is 6. The minimum atomic E-state index is -0.846. The molecular weight excluding hydrogens is 274 g/mol. The van der Waals surface area contributed by atoms with Crippen LogP contribution in [0.25, 0.3) is 0 Å². The number of hydrogen-bond acceptors (Lipinski definition) is 4. The first kappa shape index (κ1) is 16.6. The van der Waals surface area contributed by atoms with Crippen molar-refractivity contribution in [1.29, 1.82) is 0 Å². The third kappa shape index (κ3) is 5.23. The average Bonchev–Trinajstić information content (AvgIpc) is 2.50. The summed E-state index contributed by atoms with van der Waals surface area (Å²) in [6.07, 6.45) is 0.00638. The van der Waals surface area contributed by atoms with Crippen LogP contribution in [-0.4, -0.2) is 36.0 Å². The van der Waals surface area contributed by atoms with Crippen LogP contribution in [0.15, 0.2) is 24.3 Å². The fourth-order valence-corrected chi connectivity index (χ4v) is 1.72. The Morgan fingerprint density at radius 1 is 1.19 bits per heavy atom. The largest absolute Gasteiger partial charge is 0.357 e. The Labute approximate surface area is 122 Å². The van der Waals surface area contributed by atoms with E-state index in [4.69, 9.17) is 5.21 Å². The zero-order valence-electron chi connectivity index (χ0n) is 12.0. The van der Waals surface area contributed by atoms with Crippen LogP contribution < -0.4 is 16.1 Å². The molecule has 3 amide bonds. The van der Waals surface area contributed by atoms with E-state index in [1.165, 1.54) is 12.5 Å². The monoisotopic (exact) mass is 293 g/mol. The number of carbonyl (C=O) groups is 3. The molecule has 1 atom stereocenters. The van der Waals surface area contributed by atoms with Gasteiger partial charge in [0.05, 0.1) is 0 Å². The van der Waals surface area contributed by atoms with Gasteiger partial charge in [-0.15, -0.1) is 0 Å². The predicted molar refractivity (Wildman–Crippen MR) is 75.7 cm³/mol. The quantitative estimate of drug-likeness (QED) is 0.441. The molecule has 7 nitrogen and oxygen atoms in total. The fraction of sp³-hybridized carbons (Fsp3) is 0.357. The summed E-state index contributed by atoms with van der Waals surface area (Å²) in [4.78, 5) is 34.8. The van der Waals surface area contributed by atoms with Gasteiger partial charge in [0.15, 0.2) is 0 Å². The summed E-state index contributed by atoms with van der Waals surface area (Å²) in [5.41, 5.74) is 2.94. The van der Waals surface area contributed by atoms with Gasteiger partial charge in [0.2, 0.25) is 11.8 Å². The molecule has 0 heterocycles. The Kier molecular flexibility index (Phi) is 6.35. The van der Waals surface area contributed by atoms with Crippen molar-refractivity contribution in [2.75, 3.05) is 7.05 Å². The zero-order valence-corrected chi connectivity index (χ0v) is 12.0. The molecule has 1 rings (SSSR count). The third-order valence-electron chi connectivity index (χ3n) is 2.97. The van der Waals surface area contributed by atoms with Gasteiger partial charge in [-0.1, -0.05) is 17.7 Å². The van der Waals surface area contributed by atoms with Gasteiger partial charge in [-0.25, -0.2) is 5.48 Å². The van der Waals surface area contributed by atoms with E-state index in [9.17, 15) is 14.4 Å². The molecule has 0 saturated heterocycles. The molecule has 0 aliphatic heterocycles. The number of likely N-dealkylation sites (N-methyl/N-ethyl adjacent to an activating group) is 1. The maximum absolute atomic E-state index is 12.1. The SMILES string of the molecule is CNC(=O)C(CCC(=O)NO)NC(=O)c1ccc(C)cc1. The van der Waals surface area contributed by atoms with E-state index in [0.29, 0.717) is 5.56 Å². The van der Waals surface area contributed by atoms with Gasteiger partial charge in [-0.3, -0.25) is 19.6 Å². The van der Waals surface area contributed by atoms with Crippen molar-refractivity contribution in [3.63, 3.8) is 0 Å². The highest BCUT2D eigenvalue weighted by Gasteiger charge is 2.21. The summed E-state index contributed by atoms with van der Waals surface area (Å²) in [5, 5.41) is 13.4. The summed E-state index contributed by atoms with van der Waals surface area (Å²) in [6.45, 7) is 1.91. The van der Waals surface area contributed by atoms with E-state index in [1.54, 1.807) is 24.3 Å². The minimum Gasteiger partial charge on any atom is -0.357 e. The Morgan fingerprint density at radius 2 is 1.81 bits per heavy atom. The maximum Gasteiger partial charge on any atom is 0.251 e. The number of carbonyl (C=O) groups excluding carboxylic acids is 3. The van der Waals surface area contributed by atoms with Crippen molar-refractivity contribution in [3.05, 3.63) is 35.4 Å². The summed E-state index contributed by atoms with van der Waals surface area (Å²) in [6, 6.07) is 6.06. The van der Waals surface area contributed by atoms with Gasteiger partial charge >= 0.3 is 0 Å². The Balaban J connectivity index is 2.71. The molecule has 0 aliphatic carbocycles. The molecule has 1 aromatic rings. The van der Waals surface area contributed by atoms with Crippen molar-refractivity contribution >= 4 is 17.7 Å². The molecular formula is C14H19N3O4. The number of nitrogens with one attached hydrogen (secondary N) is 3. The van der Waals surface area contributed by atoms with Crippen LogP contribution in [0, 0.1) is 6.92 Å². The van der Waals surface area contributed by atoms with Crippen LogP contribution in [0.3, 0.4) is 0 Å². The molecule has 7 heteroatoms. The zero-order chi connectivity index (χ0) is 15.8. The van der Waals surface area contributed by atoms with Crippen LogP contribution in [0.4, 0.5) is 0 Å². The molecule has 21 heavy (non-hydrogen) atoms. The first-order valence-corrected chi connectivity index (χ1v) is 6.50. The maximum atomic E-state index is 12.1. The van der Waals surface area contributed by atoms with Crippen molar-refractivity contribution in [2.45, 2.75) is 25.8 Å². The highest BCUT2D eigenvalue weighted by Crippen LogP contribution is 2.05. The van der Waals surface area contributed by atoms with Crippen molar-refractivity contribution < 1.29 is 19.6 Å². The van der Waals surface area contributed by atoms with Gasteiger partial charge in [0.25, 0.3) is 5.91 Å². The van der Waals surface area contributed by atoms with Crippen LogP contribution in [0.2, 0.25) is 0 Å². The molecule has 1 aromatic carbocycles. The van der Waals surface area contributed by atoms with Gasteiger partial charge in [-0.2, -0.15) is 0 Å². The molecule has 0 saturated carbocycles. The van der Waals surface area contributed by atoms with Gasteiger partial charge in [-0.05, 0) is 25.5 Å². The lowest BCUT2D eigenvalue weighted by atomic mass is 10.1. The molecule has 0 aromatic heterocycles. The second-order valence-electron chi connectivity index (χ2n) is 4.58. The number of hydrogen-bond donors (Lipinski definition) is 4. The van der Waals surface area contributed by atoms with Crippen LogP contribution >= 0.6 is 0 Å². The van der Waals surface area contributed by atoms with Gasteiger partial charge < -0.3 is 10.6 Å². The second-order valence-corrected chi connectivity index (χ2v) is 4.58. The van der Waals surface area contributed by atoms with Gasteiger partial charge in [0.1, 0.15) is 6.04 Å². The first-order valence-electron chi connectivity index (χ1n) is 6.50. The van der Waals surface area contributed by atoms with E-state index in [2.05, 4.69) is 10.6 Å². The summed E-state index contributed by atoms with van der Waals surface area (Å²) in [5.74, 6) is -1.41. The lowest BCUT2D eigenvalue weighted by molar-refractivity contribution is -0.129. The standard InChI is InChI=1S/C14H19N3O4/c1-9-3-5-10(6-4-9)13(19)16-11(14(20)15-2)7-8-12(18)17-21/h3-6,11,21H,7-8H2,1-2H3,(H,15,20)(H,16,19)(H,17,18). The van der Waals surface area contributed by atoms with Crippen molar-refractivity contribution in [2.24, 2.45) is 0 Å². The van der Waals surface area contributed by atoms with E-state index in [-0.39, 0.29) is 12.8 Å². The normalized spacial score (nSPS) is 11.4. The lowest BCUT2D eigenvalue weighted by Gasteiger charge is -2.17. The lowest BCUT2D eigenvalue weighted by Crippen LogP contribution is -2.46. The highest BCUT2D eigenvalue weighted by atomic mass is 16.5. The smallest absolute Gasteiger partial charge is 0.251 e. The molecule has 0 aliphatic rings. The molecule has 0 bridgehead atoms. The van der Waals surface area contributed by atoms with Crippen LogP contribution in [-0.2, 0) is 9.59 Å².